The van der Waals surface area contributed by atoms with Crippen molar-refractivity contribution < 1.29 is 32.8 Å². The smallest absolute Gasteiger partial charge is 0.305 e. The van der Waals surface area contributed by atoms with Gasteiger partial charge in [-0.15, -0.1) is 0 Å². The Balaban J connectivity index is 1.89. The highest BCUT2D eigenvalue weighted by molar-refractivity contribution is 7.44. The lowest BCUT2D eigenvalue weighted by molar-refractivity contribution is -0.146. The Morgan fingerprint density at radius 3 is 1.88 bits per heavy atom. The molecule has 9 nitrogen and oxygen atoms in total. The lowest BCUT2D eigenvalue weighted by atomic mass is 9.79. The summed E-state index contributed by atoms with van der Waals surface area (Å²) < 4.78 is 39.3. The van der Waals surface area contributed by atoms with E-state index < -0.39 is 26.3 Å². The third-order valence-electron chi connectivity index (χ3n) is 8.68. The van der Waals surface area contributed by atoms with Gasteiger partial charge in [0.15, 0.2) is 0 Å². The van der Waals surface area contributed by atoms with Gasteiger partial charge < -0.3 is 28.0 Å². The molecule has 0 bridgehead atoms. The molecule has 0 radical (unpaired) electrons. The van der Waals surface area contributed by atoms with Gasteiger partial charge in [-0.05, 0) is 87.4 Å². The van der Waals surface area contributed by atoms with E-state index in [2.05, 4.69) is 50.6 Å². The molecule has 258 valence electrons. The highest BCUT2D eigenvalue weighted by atomic mass is 31.2. The quantitative estimate of drug-likeness (QED) is 0.0609. The van der Waals surface area contributed by atoms with Crippen LogP contribution in [0.1, 0.15) is 70.1 Å². The number of ether oxygens (including phenoxy) is 4. The van der Waals surface area contributed by atoms with E-state index in [-0.39, 0.29) is 43.4 Å². The van der Waals surface area contributed by atoms with E-state index in [1.807, 2.05) is 66.7 Å². The molecule has 48 heavy (non-hydrogen) atoms. The van der Waals surface area contributed by atoms with E-state index in [0.717, 1.165) is 28.2 Å². The van der Waals surface area contributed by atoms with E-state index in [0.29, 0.717) is 12.8 Å². The molecule has 0 heterocycles. The molecule has 1 saturated carbocycles. The van der Waals surface area contributed by atoms with Crippen LogP contribution in [0.4, 0.5) is 0 Å². The summed E-state index contributed by atoms with van der Waals surface area (Å²) in [5, 5.41) is 9.27. The van der Waals surface area contributed by atoms with Crippen molar-refractivity contribution in [2.24, 2.45) is 5.92 Å². The van der Waals surface area contributed by atoms with Crippen LogP contribution < -0.4 is 9.47 Å². The van der Waals surface area contributed by atoms with Crippen LogP contribution in [-0.4, -0.2) is 62.9 Å². The molecule has 0 amide bonds. The minimum atomic E-state index is -1.56. The van der Waals surface area contributed by atoms with E-state index in [9.17, 15) is 10.1 Å². The third-order valence-corrected chi connectivity index (χ3v) is 10.8. The number of nitrogens with zero attached hydrogens (tertiary/aromatic N) is 2. The van der Waals surface area contributed by atoms with Gasteiger partial charge in [-0.1, -0.05) is 54.6 Å². The normalized spacial score (nSPS) is 18.6. The van der Waals surface area contributed by atoms with Crippen LogP contribution in [0.3, 0.4) is 0 Å². The SMILES string of the molecule is COC(=O)C[C@@H]1CC[C@H](OP(OCCC#N)N(C(C)C)C(C)C)C1OC(c1ccccc1)(c1ccc(OC)cc1)c1ccc(OC)cc1. The van der Waals surface area contributed by atoms with Crippen molar-refractivity contribution in [1.82, 2.24) is 4.67 Å². The van der Waals surface area contributed by atoms with E-state index in [4.69, 9.17) is 28.0 Å². The molecule has 1 fully saturated rings. The summed E-state index contributed by atoms with van der Waals surface area (Å²) in [4.78, 5) is 12.8. The molecule has 0 aromatic heterocycles. The van der Waals surface area contributed by atoms with Crippen LogP contribution in [-0.2, 0) is 28.9 Å². The molecule has 0 spiro atoms. The van der Waals surface area contributed by atoms with Gasteiger partial charge in [0, 0.05) is 12.1 Å². The number of carbonyl (C=O) groups excluding carboxylic acids is 1. The fourth-order valence-corrected chi connectivity index (χ4v) is 8.22. The first-order valence-corrected chi connectivity index (χ1v) is 17.7. The van der Waals surface area contributed by atoms with Crippen molar-refractivity contribution in [1.29, 1.82) is 5.26 Å². The molecular formula is C38H49N2O7P. The zero-order valence-electron chi connectivity index (χ0n) is 29.1. The minimum absolute atomic E-state index is 0.131. The Hall–Kier alpha value is -3.51. The maximum absolute atomic E-state index is 12.8. The molecule has 0 aliphatic heterocycles. The van der Waals surface area contributed by atoms with Gasteiger partial charge in [0.2, 0.25) is 0 Å². The number of carbonyl (C=O) groups is 1. The largest absolute Gasteiger partial charge is 0.497 e. The number of methoxy groups -OCH3 is 3. The number of hydrogen-bond donors (Lipinski definition) is 0. The monoisotopic (exact) mass is 676 g/mol. The summed E-state index contributed by atoms with van der Waals surface area (Å²) in [6, 6.07) is 28.4. The zero-order valence-corrected chi connectivity index (χ0v) is 30.0. The molecule has 3 aromatic carbocycles. The number of hydrogen-bond acceptors (Lipinski definition) is 9. The molecule has 1 aliphatic rings. The molecule has 0 N–H and O–H groups in total. The summed E-state index contributed by atoms with van der Waals surface area (Å²) in [6.45, 7) is 8.71. The molecule has 4 rings (SSSR count). The summed E-state index contributed by atoms with van der Waals surface area (Å²) in [7, 11) is 3.14. The van der Waals surface area contributed by atoms with Gasteiger partial charge in [-0.25, -0.2) is 4.67 Å². The second-order valence-electron chi connectivity index (χ2n) is 12.4. The number of benzene rings is 3. The van der Waals surface area contributed by atoms with E-state index in [1.165, 1.54) is 7.11 Å². The van der Waals surface area contributed by atoms with Crippen LogP contribution in [0.15, 0.2) is 78.9 Å². The van der Waals surface area contributed by atoms with Crippen LogP contribution in [0.5, 0.6) is 11.5 Å². The Morgan fingerprint density at radius 1 is 0.854 bits per heavy atom. The predicted molar refractivity (Wildman–Crippen MR) is 187 cm³/mol. The number of esters is 1. The molecular weight excluding hydrogens is 627 g/mol. The topological polar surface area (TPSA) is 99.5 Å². The molecule has 1 aliphatic carbocycles. The van der Waals surface area contributed by atoms with Gasteiger partial charge in [-0.2, -0.15) is 5.26 Å². The average Bonchev–Trinajstić information content (AvgIpc) is 3.46. The number of nitriles is 1. The fourth-order valence-electron chi connectivity index (χ4n) is 6.45. The highest BCUT2D eigenvalue weighted by Gasteiger charge is 2.49. The van der Waals surface area contributed by atoms with Gasteiger partial charge in [0.05, 0.1) is 59.1 Å². The molecule has 4 atom stereocenters. The summed E-state index contributed by atoms with van der Waals surface area (Å²) in [5.74, 6) is 0.962. The molecule has 3 aromatic rings. The second-order valence-corrected chi connectivity index (χ2v) is 13.8. The standard InChI is InChI=1S/C38H49N2O7P/c1-27(2)40(28(3)4)48(45-25-11-24-39)47-35-23-14-29(26-36(41)44-7)37(35)46-38(30-12-9-8-10-13-30,31-15-19-33(42-5)20-16-31)32-17-21-34(43-6)22-18-32/h8-10,12-13,15-22,27-29,35,37H,11,14,23,25-26H2,1-7H3/t29-,35-,37?,48?/m0/s1. The van der Waals surface area contributed by atoms with Crippen LogP contribution in [0, 0.1) is 17.2 Å². The second kappa shape index (κ2) is 17.8. The summed E-state index contributed by atoms with van der Waals surface area (Å²) >= 11 is 0. The Labute approximate surface area is 287 Å². The van der Waals surface area contributed by atoms with Crippen molar-refractivity contribution in [2.45, 2.75) is 83.3 Å². The maximum Gasteiger partial charge on any atom is 0.305 e. The van der Waals surface area contributed by atoms with Crippen molar-refractivity contribution >= 4 is 14.5 Å². The average molecular weight is 677 g/mol. The van der Waals surface area contributed by atoms with Crippen molar-refractivity contribution in [3.05, 3.63) is 95.6 Å². The van der Waals surface area contributed by atoms with Crippen molar-refractivity contribution in [3.8, 4) is 17.6 Å². The Morgan fingerprint density at radius 2 is 1.40 bits per heavy atom. The van der Waals surface area contributed by atoms with Gasteiger partial charge >= 0.3 is 5.97 Å². The summed E-state index contributed by atoms with van der Waals surface area (Å²) in [6.07, 6.45) is 0.862. The highest BCUT2D eigenvalue weighted by Crippen LogP contribution is 2.52. The fraction of sp³-hybridized carbons (Fsp3) is 0.474. The van der Waals surface area contributed by atoms with E-state index in [1.54, 1.807) is 14.2 Å². The Bertz CT molecular complexity index is 1410. The van der Waals surface area contributed by atoms with Crippen molar-refractivity contribution in [3.63, 3.8) is 0 Å². The first-order chi connectivity index (χ1) is 23.2. The van der Waals surface area contributed by atoms with Crippen LogP contribution >= 0.6 is 8.53 Å². The lowest BCUT2D eigenvalue weighted by Crippen LogP contribution is -2.43. The maximum atomic E-state index is 12.8. The van der Waals surface area contributed by atoms with E-state index >= 15 is 0 Å². The van der Waals surface area contributed by atoms with Gasteiger partial charge in [-0.3, -0.25) is 4.79 Å². The lowest BCUT2D eigenvalue weighted by Gasteiger charge is -2.42. The van der Waals surface area contributed by atoms with Gasteiger partial charge in [0.25, 0.3) is 8.53 Å². The zero-order chi connectivity index (χ0) is 34.7. The first-order valence-electron chi connectivity index (χ1n) is 16.5. The van der Waals surface area contributed by atoms with Crippen LogP contribution in [0.2, 0.25) is 0 Å². The molecule has 2 unspecified atom stereocenters. The third kappa shape index (κ3) is 8.74. The van der Waals surface area contributed by atoms with Crippen LogP contribution in [0.25, 0.3) is 0 Å². The first kappa shape index (κ1) is 37.3. The van der Waals surface area contributed by atoms with Crippen molar-refractivity contribution in [2.75, 3.05) is 27.9 Å². The molecule has 10 heteroatoms. The Kier molecular flexibility index (Phi) is 13.8. The van der Waals surface area contributed by atoms with Gasteiger partial charge in [0.1, 0.15) is 17.1 Å². The molecule has 0 saturated heterocycles. The summed E-state index contributed by atoms with van der Waals surface area (Å²) in [5.41, 5.74) is 1.59. The number of rotatable bonds is 17. The predicted octanol–water partition coefficient (Wildman–Crippen LogP) is 8.02. The minimum Gasteiger partial charge on any atom is -0.497 e.